The van der Waals surface area contributed by atoms with Gasteiger partial charge < -0.3 is 9.47 Å². The van der Waals surface area contributed by atoms with Gasteiger partial charge >= 0.3 is 6.09 Å². The minimum Gasteiger partial charge on any atom is -0.444 e. The summed E-state index contributed by atoms with van der Waals surface area (Å²) in [5.41, 5.74) is -0.247. The molecule has 1 fully saturated rings. The van der Waals surface area contributed by atoms with Crippen molar-refractivity contribution in [3.05, 3.63) is 42.5 Å². The van der Waals surface area contributed by atoms with E-state index in [0.717, 1.165) is 5.56 Å². The summed E-state index contributed by atoms with van der Waals surface area (Å²) >= 11 is 0. The van der Waals surface area contributed by atoms with E-state index in [0.29, 0.717) is 0 Å². The maximum atomic E-state index is 12.5. The lowest BCUT2D eigenvalue weighted by Crippen LogP contribution is -2.47. The second-order valence-corrected chi connectivity index (χ2v) is 6.41. The van der Waals surface area contributed by atoms with Gasteiger partial charge in [0.05, 0.1) is 6.04 Å². The zero-order valence-corrected chi connectivity index (χ0v) is 12.7. The Hall–Kier alpha value is -1.55. The van der Waals surface area contributed by atoms with Crippen molar-refractivity contribution in [2.45, 2.75) is 52.0 Å². The summed E-state index contributed by atoms with van der Waals surface area (Å²) in [6.45, 7) is 11.0. The number of carbonyl (C=O) groups is 1. The van der Waals surface area contributed by atoms with E-state index in [4.69, 9.17) is 9.47 Å². The van der Waals surface area contributed by atoms with Crippen LogP contribution < -0.4 is 0 Å². The molecule has 1 unspecified atom stereocenters. The standard InChI is InChI=1S/C16H22NO3/c1-15(2,3)20-14(18)17-13(11-19-16(17,4)5)12-9-7-6-8-10-12/h6-11,13H,1-5H3. The molecule has 0 N–H and O–H groups in total. The number of hydrogen-bond donors (Lipinski definition) is 0. The van der Waals surface area contributed by atoms with Gasteiger partial charge in [-0.3, -0.25) is 4.90 Å². The van der Waals surface area contributed by atoms with E-state index in [1.165, 1.54) is 0 Å². The third-order valence-corrected chi connectivity index (χ3v) is 3.07. The number of nitrogens with zero attached hydrogens (tertiary/aromatic N) is 1. The molecule has 1 radical (unpaired) electrons. The molecule has 0 aliphatic carbocycles. The van der Waals surface area contributed by atoms with Crippen LogP contribution >= 0.6 is 0 Å². The Morgan fingerprint density at radius 3 is 2.40 bits per heavy atom. The van der Waals surface area contributed by atoms with Crippen molar-refractivity contribution in [3.8, 4) is 0 Å². The van der Waals surface area contributed by atoms with Crippen LogP contribution in [-0.2, 0) is 9.47 Å². The molecule has 2 rings (SSSR count). The van der Waals surface area contributed by atoms with Crippen LogP contribution in [0.4, 0.5) is 4.79 Å². The summed E-state index contributed by atoms with van der Waals surface area (Å²) in [4.78, 5) is 14.1. The monoisotopic (exact) mass is 276 g/mol. The molecule has 0 spiro atoms. The van der Waals surface area contributed by atoms with E-state index in [2.05, 4.69) is 0 Å². The smallest absolute Gasteiger partial charge is 0.413 e. The quantitative estimate of drug-likeness (QED) is 0.781. The Morgan fingerprint density at radius 1 is 1.25 bits per heavy atom. The van der Waals surface area contributed by atoms with E-state index in [9.17, 15) is 4.79 Å². The van der Waals surface area contributed by atoms with Gasteiger partial charge in [-0.25, -0.2) is 4.79 Å². The molecule has 0 saturated carbocycles. The van der Waals surface area contributed by atoms with Gasteiger partial charge in [-0.05, 0) is 40.2 Å². The summed E-state index contributed by atoms with van der Waals surface area (Å²) in [7, 11) is 0. The molecule has 1 aliphatic heterocycles. The molecule has 1 aromatic carbocycles. The van der Waals surface area contributed by atoms with Crippen LogP contribution in [0.15, 0.2) is 30.3 Å². The Labute approximate surface area is 120 Å². The summed E-state index contributed by atoms with van der Waals surface area (Å²) in [6.07, 6.45) is -0.370. The van der Waals surface area contributed by atoms with Crippen LogP contribution in [0.2, 0.25) is 0 Å². The van der Waals surface area contributed by atoms with Crippen molar-refractivity contribution in [3.63, 3.8) is 0 Å². The van der Waals surface area contributed by atoms with E-state index < -0.39 is 11.3 Å². The van der Waals surface area contributed by atoms with Crippen LogP contribution in [0.25, 0.3) is 0 Å². The molecule has 1 aliphatic rings. The molecule has 20 heavy (non-hydrogen) atoms. The maximum absolute atomic E-state index is 12.5. The van der Waals surface area contributed by atoms with Crippen molar-refractivity contribution >= 4 is 6.09 Å². The fourth-order valence-corrected chi connectivity index (χ4v) is 2.21. The molecule has 0 aromatic heterocycles. The number of hydrogen-bond acceptors (Lipinski definition) is 3. The first kappa shape index (κ1) is 14.9. The molecule has 1 heterocycles. The zero-order valence-electron chi connectivity index (χ0n) is 12.7. The number of ether oxygens (including phenoxy) is 2. The molecule has 109 valence electrons. The van der Waals surface area contributed by atoms with E-state index in [1.807, 2.05) is 65.0 Å². The average Bonchev–Trinajstić information content (AvgIpc) is 2.64. The van der Waals surface area contributed by atoms with Crippen LogP contribution in [0.1, 0.15) is 46.2 Å². The Bertz CT molecular complexity index is 476. The fourth-order valence-electron chi connectivity index (χ4n) is 2.21. The Balaban J connectivity index is 2.27. The second-order valence-electron chi connectivity index (χ2n) is 6.41. The fraction of sp³-hybridized carbons (Fsp3) is 0.500. The van der Waals surface area contributed by atoms with Crippen molar-refractivity contribution in [2.24, 2.45) is 0 Å². The third kappa shape index (κ3) is 3.12. The number of rotatable bonds is 1. The minimum atomic E-state index is -0.719. The normalized spacial score (nSPS) is 21.9. The van der Waals surface area contributed by atoms with Gasteiger partial charge in [0.2, 0.25) is 0 Å². The highest BCUT2D eigenvalue weighted by Gasteiger charge is 2.46. The van der Waals surface area contributed by atoms with Gasteiger partial charge in [0.25, 0.3) is 0 Å². The molecular formula is C16H22NO3. The SMILES string of the molecule is CC(C)(C)OC(=O)N1C(c2ccccc2)[CH]OC1(C)C. The van der Waals surface area contributed by atoms with Gasteiger partial charge in [0.1, 0.15) is 17.9 Å². The van der Waals surface area contributed by atoms with Gasteiger partial charge in [0.15, 0.2) is 0 Å². The third-order valence-electron chi connectivity index (χ3n) is 3.07. The van der Waals surface area contributed by atoms with Crippen LogP contribution in [0.3, 0.4) is 0 Å². The Kier molecular flexibility index (Phi) is 3.78. The van der Waals surface area contributed by atoms with E-state index in [1.54, 1.807) is 11.5 Å². The molecule has 1 saturated heterocycles. The summed E-state index contributed by atoms with van der Waals surface area (Å²) in [5, 5.41) is 0. The molecule has 0 bridgehead atoms. The van der Waals surface area contributed by atoms with Gasteiger partial charge in [-0.1, -0.05) is 30.3 Å². The molecule has 1 atom stereocenters. The largest absolute Gasteiger partial charge is 0.444 e. The highest BCUT2D eigenvalue weighted by atomic mass is 16.6. The van der Waals surface area contributed by atoms with Crippen molar-refractivity contribution in [2.75, 3.05) is 0 Å². The maximum Gasteiger partial charge on any atom is 0.413 e. The highest BCUT2D eigenvalue weighted by molar-refractivity contribution is 5.70. The summed E-state index contributed by atoms with van der Waals surface area (Å²) < 4.78 is 11.2. The lowest BCUT2D eigenvalue weighted by Gasteiger charge is -2.35. The van der Waals surface area contributed by atoms with Crippen molar-refractivity contribution in [1.29, 1.82) is 0 Å². The number of amides is 1. The van der Waals surface area contributed by atoms with Crippen molar-refractivity contribution in [1.82, 2.24) is 4.90 Å². The predicted molar refractivity (Wildman–Crippen MR) is 76.7 cm³/mol. The lowest BCUT2D eigenvalue weighted by atomic mass is 10.1. The molecular weight excluding hydrogens is 254 g/mol. The second kappa shape index (κ2) is 5.09. The first-order chi connectivity index (χ1) is 9.21. The van der Waals surface area contributed by atoms with E-state index in [-0.39, 0.29) is 12.1 Å². The lowest BCUT2D eigenvalue weighted by molar-refractivity contribution is -0.0550. The number of carbonyl (C=O) groups excluding carboxylic acids is 1. The van der Waals surface area contributed by atoms with Gasteiger partial charge in [0, 0.05) is 0 Å². The van der Waals surface area contributed by atoms with Crippen LogP contribution in [0.5, 0.6) is 0 Å². The highest BCUT2D eigenvalue weighted by Crippen LogP contribution is 2.40. The van der Waals surface area contributed by atoms with E-state index >= 15 is 0 Å². The average molecular weight is 276 g/mol. The van der Waals surface area contributed by atoms with Crippen molar-refractivity contribution < 1.29 is 14.3 Å². The first-order valence-electron chi connectivity index (χ1n) is 6.79. The van der Waals surface area contributed by atoms with Crippen LogP contribution in [0, 0.1) is 6.61 Å². The van der Waals surface area contributed by atoms with Crippen LogP contribution in [-0.4, -0.2) is 22.3 Å². The molecule has 1 amide bonds. The molecule has 4 heteroatoms. The van der Waals surface area contributed by atoms with Gasteiger partial charge in [-0.2, -0.15) is 0 Å². The zero-order chi connectivity index (χ0) is 15.0. The predicted octanol–water partition coefficient (Wildman–Crippen LogP) is 3.89. The first-order valence-corrected chi connectivity index (χ1v) is 6.79. The molecule has 1 aromatic rings. The Morgan fingerprint density at radius 2 is 1.85 bits per heavy atom. The summed E-state index contributed by atoms with van der Waals surface area (Å²) in [6, 6.07) is 9.55. The molecule has 4 nitrogen and oxygen atoms in total. The number of benzene rings is 1. The minimum absolute atomic E-state index is 0.235. The topological polar surface area (TPSA) is 38.8 Å². The van der Waals surface area contributed by atoms with Gasteiger partial charge in [-0.15, -0.1) is 0 Å². The summed E-state index contributed by atoms with van der Waals surface area (Å²) in [5.74, 6) is 0.